The smallest absolute Gasteiger partial charge is 0.312 e. The van der Waals surface area contributed by atoms with Crippen molar-refractivity contribution in [3.63, 3.8) is 0 Å². The zero-order valence-corrected chi connectivity index (χ0v) is 13.3. The average Bonchev–Trinajstić information content (AvgIpc) is 2.56. The second kappa shape index (κ2) is 8.10. The van der Waals surface area contributed by atoms with Crippen LogP contribution in [-0.2, 0) is 11.2 Å². The Bertz CT molecular complexity index is 689. The largest absolute Gasteiger partial charge is 0.352 e. The molecular formula is C18H20FN3O2. The molecule has 2 aromatic carbocycles. The number of nitrogens with two attached hydrogens (primary N) is 1. The topological polar surface area (TPSA) is 84.2 Å². The molecule has 0 saturated carbocycles. The van der Waals surface area contributed by atoms with Crippen molar-refractivity contribution in [3.8, 4) is 0 Å². The van der Waals surface area contributed by atoms with E-state index in [-0.39, 0.29) is 17.8 Å². The third-order valence-corrected chi connectivity index (χ3v) is 3.62. The molecule has 0 heterocycles. The summed E-state index contributed by atoms with van der Waals surface area (Å²) in [7, 11) is 0. The second-order valence-electron chi connectivity index (χ2n) is 5.53. The second-order valence-corrected chi connectivity index (χ2v) is 5.53. The molecule has 0 bridgehead atoms. The maximum atomic E-state index is 13.1. The number of carbonyl (C=O) groups is 2. The first-order valence-electron chi connectivity index (χ1n) is 7.61. The number of hydrogen-bond acceptors (Lipinski definition) is 2. The molecule has 24 heavy (non-hydrogen) atoms. The minimum absolute atomic E-state index is 0.304. The van der Waals surface area contributed by atoms with Crippen LogP contribution in [0.25, 0.3) is 0 Å². The lowest BCUT2D eigenvalue weighted by molar-refractivity contribution is -0.123. The van der Waals surface area contributed by atoms with Crippen LogP contribution >= 0.6 is 0 Å². The predicted molar refractivity (Wildman–Crippen MR) is 89.6 cm³/mol. The van der Waals surface area contributed by atoms with Crippen LogP contribution in [0.5, 0.6) is 0 Å². The van der Waals surface area contributed by atoms with Crippen LogP contribution in [0.2, 0.25) is 0 Å². The summed E-state index contributed by atoms with van der Waals surface area (Å²) < 4.78 is 13.1. The first-order valence-corrected chi connectivity index (χ1v) is 7.61. The van der Waals surface area contributed by atoms with Gasteiger partial charge in [0.1, 0.15) is 11.9 Å². The Balaban J connectivity index is 2.15. The molecule has 0 unspecified atom stereocenters. The van der Waals surface area contributed by atoms with E-state index in [9.17, 15) is 14.0 Å². The average molecular weight is 329 g/mol. The first-order chi connectivity index (χ1) is 11.5. The minimum Gasteiger partial charge on any atom is -0.352 e. The molecule has 2 aromatic rings. The van der Waals surface area contributed by atoms with Crippen molar-refractivity contribution in [3.05, 3.63) is 71.5 Å². The number of hydrogen-bond donors (Lipinski definition) is 3. The van der Waals surface area contributed by atoms with Crippen molar-refractivity contribution in [2.45, 2.75) is 25.4 Å². The number of benzene rings is 2. The van der Waals surface area contributed by atoms with Gasteiger partial charge in [0.05, 0.1) is 6.04 Å². The van der Waals surface area contributed by atoms with E-state index in [4.69, 9.17) is 5.73 Å². The van der Waals surface area contributed by atoms with E-state index < -0.39 is 12.1 Å². The van der Waals surface area contributed by atoms with Crippen molar-refractivity contribution < 1.29 is 14.0 Å². The first kappa shape index (κ1) is 17.5. The lowest BCUT2D eigenvalue weighted by Crippen LogP contribution is -2.47. The number of nitrogens with one attached hydrogen (secondary N) is 2. The molecule has 0 spiro atoms. The fourth-order valence-corrected chi connectivity index (χ4v) is 2.37. The molecule has 0 saturated heterocycles. The van der Waals surface area contributed by atoms with Crippen LogP contribution in [0.1, 0.15) is 24.1 Å². The van der Waals surface area contributed by atoms with Gasteiger partial charge in [-0.25, -0.2) is 9.18 Å². The zero-order valence-electron chi connectivity index (χ0n) is 13.3. The molecule has 2 rings (SSSR count). The highest BCUT2D eigenvalue weighted by molar-refractivity contribution is 5.86. The van der Waals surface area contributed by atoms with Crippen LogP contribution in [0.4, 0.5) is 9.18 Å². The summed E-state index contributed by atoms with van der Waals surface area (Å²) in [4.78, 5) is 23.2. The number of halogens is 1. The molecular weight excluding hydrogens is 309 g/mol. The molecule has 0 aliphatic rings. The molecule has 2 atom stereocenters. The molecule has 5 nitrogen and oxygen atoms in total. The van der Waals surface area contributed by atoms with Crippen molar-refractivity contribution in [1.82, 2.24) is 10.6 Å². The summed E-state index contributed by atoms with van der Waals surface area (Å²) >= 11 is 0. The third-order valence-electron chi connectivity index (χ3n) is 3.62. The van der Waals surface area contributed by atoms with Gasteiger partial charge in [-0.1, -0.05) is 42.5 Å². The zero-order chi connectivity index (χ0) is 17.5. The number of carbonyl (C=O) groups excluding carboxylic acids is 2. The molecule has 4 N–H and O–H groups in total. The Morgan fingerprint density at radius 1 is 1.04 bits per heavy atom. The van der Waals surface area contributed by atoms with E-state index in [0.717, 1.165) is 11.1 Å². The monoisotopic (exact) mass is 329 g/mol. The van der Waals surface area contributed by atoms with Crippen LogP contribution in [0.3, 0.4) is 0 Å². The number of rotatable bonds is 6. The summed E-state index contributed by atoms with van der Waals surface area (Å²) in [6, 6.07) is 13.8. The van der Waals surface area contributed by atoms with E-state index >= 15 is 0 Å². The van der Waals surface area contributed by atoms with Gasteiger partial charge in [0.15, 0.2) is 0 Å². The van der Waals surface area contributed by atoms with Gasteiger partial charge in [0.25, 0.3) is 0 Å². The Morgan fingerprint density at radius 2 is 1.67 bits per heavy atom. The number of urea groups is 1. The summed E-state index contributed by atoms with van der Waals surface area (Å²) in [6.45, 7) is 1.56. The summed E-state index contributed by atoms with van der Waals surface area (Å²) in [6.07, 6.45) is 0.499. The van der Waals surface area contributed by atoms with Gasteiger partial charge in [-0.15, -0.1) is 0 Å². The summed E-state index contributed by atoms with van der Waals surface area (Å²) in [5.74, 6) is -0.650. The minimum atomic E-state index is -0.757. The Kier molecular flexibility index (Phi) is 5.89. The normalized spacial score (nSPS) is 12.9. The molecule has 0 radical (unpaired) electrons. The maximum Gasteiger partial charge on any atom is 0.312 e. The Morgan fingerprint density at radius 3 is 2.25 bits per heavy atom. The van der Waals surface area contributed by atoms with Crippen LogP contribution in [0, 0.1) is 5.82 Å². The molecule has 6 heteroatoms. The molecule has 0 aliphatic heterocycles. The predicted octanol–water partition coefficient (Wildman–Crippen LogP) is 2.28. The van der Waals surface area contributed by atoms with E-state index in [0.29, 0.717) is 6.42 Å². The van der Waals surface area contributed by atoms with Gasteiger partial charge in [0, 0.05) is 0 Å². The van der Waals surface area contributed by atoms with Crippen molar-refractivity contribution in [1.29, 1.82) is 0 Å². The van der Waals surface area contributed by atoms with Gasteiger partial charge in [-0.05, 0) is 36.6 Å². The Labute approximate surface area is 140 Å². The van der Waals surface area contributed by atoms with E-state index in [1.807, 2.05) is 30.3 Å². The van der Waals surface area contributed by atoms with E-state index in [1.54, 1.807) is 19.1 Å². The van der Waals surface area contributed by atoms with Crippen molar-refractivity contribution >= 4 is 11.9 Å². The van der Waals surface area contributed by atoms with Crippen LogP contribution < -0.4 is 16.4 Å². The number of primary amides is 1. The van der Waals surface area contributed by atoms with Crippen LogP contribution in [-0.4, -0.2) is 18.0 Å². The molecule has 0 fully saturated rings. The standard InChI is InChI=1S/C18H20FN3O2/c1-12(21-18(20)24)17(23)22-16(14-5-3-2-4-6-14)11-13-7-9-15(19)10-8-13/h2-10,12,16H,11H2,1H3,(H,22,23)(H3,20,21,24)/t12-,16+/m1/s1. The fourth-order valence-electron chi connectivity index (χ4n) is 2.37. The lowest BCUT2D eigenvalue weighted by atomic mass is 9.98. The number of amides is 3. The van der Waals surface area contributed by atoms with Crippen molar-refractivity contribution in [2.24, 2.45) is 5.73 Å². The third kappa shape index (κ3) is 5.08. The van der Waals surface area contributed by atoms with Gasteiger partial charge in [-0.3, -0.25) is 4.79 Å². The SMILES string of the molecule is C[C@@H](NC(N)=O)C(=O)N[C@@H](Cc1ccc(F)cc1)c1ccccc1. The molecule has 3 amide bonds. The quantitative estimate of drug-likeness (QED) is 0.759. The van der Waals surface area contributed by atoms with Gasteiger partial charge in [-0.2, -0.15) is 0 Å². The fraction of sp³-hybridized carbons (Fsp3) is 0.222. The maximum absolute atomic E-state index is 13.1. The highest BCUT2D eigenvalue weighted by Gasteiger charge is 2.20. The van der Waals surface area contributed by atoms with Crippen molar-refractivity contribution in [2.75, 3.05) is 0 Å². The summed E-state index contributed by atoms with van der Waals surface area (Å²) in [5, 5.41) is 5.25. The Hall–Kier alpha value is -2.89. The van der Waals surface area contributed by atoms with Gasteiger partial charge >= 0.3 is 6.03 Å². The van der Waals surface area contributed by atoms with Gasteiger partial charge < -0.3 is 16.4 Å². The highest BCUT2D eigenvalue weighted by atomic mass is 19.1. The molecule has 0 aliphatic carbocycles. The highest BCUT2D eigenvalue weighted by Crippen LogP contribution is 2.19. The van der Waals surface area contributed by atoms with E-state index in [1.165, 1.54) is 12.1 Å². The molecule has 0 aromatic heterocycles. The van der Waals surface area contributed by atoms with E-state index in [2.05, 4.69) is 10.6 Å². The lowest BCUT2D eigenvalue weighted by Gasteiger charge is -2.22. The van der Waals surface area contributed by atoms with Gasteiger partial charge in [0.2, 0.25) is 5.91 Å². The van der Waals surface area contributed by atoms with Crippen LogP contribution in [0.15, 0.2) is 54.6 Å². The summed E-state index contributed by atoms with van der Waals surface area (Å²) in [5.41, 5.74) is 6.85. The molecule has 126 valence electrons.